The van der Waals surface area contributed by atoms with E-state index in [9.17, 15) is 14.7 Å². The summed E-state index contributed by atoms with van der Waals surface area (Å²) in [6.45, 7) is 0.329. The van der Waals surface area contributed by atoms with Gasteiger partial charge in [0, 0.05) is 25.4 Å². The molecule has 0 atom stereocenters. The quantitative estimate of drug-likeness (QED) is 0.744. The molecule has 1 aromatic rings. The Morgan fingerprint density at radius 2 is 2.16 bits per heavy atom. The van der Waals surface area contributed by atoms with Gasteiger partial charge in [-0.25, -0.2) is 9.59 Å². The van der Waals surface area contributed by atoms with Crippen molar-refractivity contribution < 1.29 is 14.7 Å². The number of carbonyl (C=O) groups excluding carboxylic acids is 1. The van der Waals surface area contributed by atoms with Crippen molar-refractivity contribution in [3.05, 3.63) is 18.0 Å². The minimum atomic E-state index is -1.10. The van der Waals surface area contributed by atoms with Crippen molar-refractivity contribution in [2.45, 2.75) is 37.8 Å². The maximum atomic E-state index is 11.8. The molecule has 0 spiro atoms. The van der Waals surface area contributed by atoms with Gasteiger partial charge in [0.25, 0.3) is 0 Å². The van der Waals surface area contributed by atoms with Crippen LogP contribution in [0.5, 0.6) is 0 Å². The number of urea groups is 1. The molecule has 1 aliphatic rings. The van der Waals surface area contributed by atoms with Crippen molar-refractivity contribution in [1.82, 2.24) is 20.4 Å². The molecule has 0 radical (unpaired) electrons. The van der Waals surface area contributed by atoms with Crippen LogP contribution in [0.3, 0.4) is 0 Å². The summed E-state index contributed by atoms with van der Waals surface area (Å²) in [5.41, 5.74) is -0.229. The number of aryl methyl sites for hydroxylation is 1. The highest BCUT2D eigenvalue weighted by atomic mass is 16.4. The molecule has 3 N–H and O–H groups in total. The van der Waals surface area contributed by atoms with E-state index in [2.05, 4.69) is 15.7 Å². The molecule has 0 aliphatic heterocycles. The fourth-order valence-corrected chi connectivity index (χ4v) is 2.38. The normalized spacial score (nSPS) is 17.1. The first-order valence-corrected chi connectivity index (χ1v) is 6.29. The van der Waals surface area contributed by atoms with Gasteiger partial charge in [-0.15, -0.1) is 0 Å². The number of aromatic nitrogens is 2. The summed E-state index contributed by atoms with van der Waals surface area (Å²) >= 11 is 0. The van der Waals surface area contributed by atoms with Crippen molar-refractivity contribution in [3.63, 3.8) is 0 Å². The Kier molecular flexibility index (Phi) is 3.73. The standard InChI is InChI=1S/C12H18N4O3/c1-16-8-9(7-14-16)6-13-11(19)15-12(10(17)18)4-2-3-5-12/h7-8H,2-6H2,1H3,(H,17,18)(H2,13,15,19). The summed E-state index contributed by atoms with van der Waals surface area (Å²) in [5, 5.41) is 18.5. The molecule has 0 bridgehead atoms. The minimum absolute atomic E-state index is 0.329. The highest BCUT2D eigenvalue weighted by Crippen LogP contribution is 2.29. The second-order valence-corrected chi connectivity index (χ2v) is 4.92. The lowest BCUT2D eigenvalue weighted by molar-refractivity contribution is -0.144. The van der Waals surface area contributed by atoms with Crippen molar-refractivity contribution >= 4 is 12.0 Å². The molecule has 2 amide bonds. The average Bonchev–Trinajstić information content (AvgIpc) is 2.97. The lowest BCUT2D eigenvalue weighted by Crippen LogP contribution is -2.55. The van der Waals surface area contributed by atoms with E-state index in [1.54, 1.807) is 24.1 Å². The second kappa shape index (κ2) is 5.29. The molecule has 1 heterocycles. The number of nitrogens with zero attached hydrogens (tertiary/aromatic N) is 2. The molecule has 0 saturated heterocycles. The maximum Gasteiger partial charge on any atom is 0.329 e. The second-order valence-electron chi connectivity index (χ2n) is 4.92. The molecule has 2 rings (SSSR count). The lowest BCUT2D eigenvalue weighted by atomic mass is 9.98. The number of nitrogens with one attached hydrogen (secondary N) is 2. The molecule has 0 unspecified atom stereocenters. The van der Waals surface area contributed by atoms with Gasteiger partial charge < -0.3 is 15.7 Å². The largest absolute Gasteiger partial charge is 0.480 e. The van der Waals surface area contributed by atoms with Gasteiger partial charge in [0.05, 0.1) is 6.20 Å². The summed E-state index contributed by atoms with van der Waals surface area (Å²) in [7, 11) is 1.79. The van der Waals surface area contributed by atoms with Crippen LogP contribution in [0.25, 0.3) is 0 Å². The van der Waals surface area contributed by atoms with Gasteiger partial charge in [0.2, 0.25) is 0 Å². The predicted molar refractivity (Wildman–Crippen MR) is 67.4 cm³/mol. The first-order chi connectivity index (χ1) is 9.02. The molecule has 1 fully saturated rings. The first kappa shape index (κ1) is 13.4. The van der Waals surface area contributed by atoms with Crippen LogP contribution in [0.2, 0.25) is 0 Å². The van der Waals surface area contributed by atoms with Crippen LogP contribution in [0.4, 0.5) is 4.79 Å². The Morgan fingerprint density at radius 1 is 1.47 bits per heavy atom. The fraction of sp³-hybridized carbons (Fsp3) is 0.583. The van der Waals surface area contributed by atoms with E-state index >= 15 is 0 Å². The van der Waals surface area contributed by atoms with E-state index in [4.69, 9.17) is 0 Å². The molecule has 7 nitrogen and oxygen atoms in total. The zero-order valence-electron chi connectivity index (χ0n) is 10.8. The lowest BCUT2D eigenvalue weighted by Gasteiger charge is -2.25. The highest BCUT2D eigenvalue weighted by Gasteiger charge is 2.42. The first-order valence-electron chi connectivity index (χ1n) is 6.29. The molecule has 1 aromatic heterocycles. The van der Waals surface area contributed by atoms with Gasteiger partial charge in [0.1, 0.15) is 5.54 Å². The Hall–Kier alpha value is -2.05. The SMILES string of the molecule is Cn1cc(CNC(=O)NC2(C(=O)O)CCCC2)cn1. The average molecular weight is 266 g/mol. The smallest absolute Gasteiger partial charge is 0.329 e. The summed E-state index contributed by atoms with van der Waals surface area (Å²) in [5.74, 6) is -0.957. The van der Waals surface area contributed by atoms with Gasteiger partial charge in [-0.2, -0.15) is 5.10 Å². The van der Waals surface area contributed by atoms with E-state index < -0.39 is 17.5 Å². The Morgan fingerprint density at radius 3 is 2.68 bits per heavy atom. The van der Waals surface area contributed by atoms with Gasteiger partial charge in [-0.3, -0.25) is 4.68 Å². The highest BCUT2D eigenvalue weighted by molar-refractivity contribution is 5.86. The summed E-state index contributed by atoms with van der Waals surface area (Å²) in [6.07, 6.45) is 6.08. The number of carbonyl (C=O) groups is 2. The Balaban J connectivity index is 1.88. The third kappa shape index (κ3) is 3.04. The number of carboxylic acid groups (broad SMARTS) is 1. The molecule has 1 aliphatic carbocycles. The molecule has 104 valence electrons. The van der Waals surface area contributed by atoms with E-state index in [1.165, 1.54) is 0 Å². The van der Waals surface area contributed by atoms with Crippen LogP contribution in [0.15, 0.2) is 12.4 Å². The monoisotopic (exact) mass is 266 g/mol. The fourth-order valence-electron chi connectivity index (χ4n) is 2.38. The van der Waals surface area contributed by atoms with Crippen LogP contribution < -0.4 is 10.6 Å². The zero-order valence-corrected chi connectivity index (χ0v) is 10.8. The molecule has 7 heteroatoms. The minimum Gasteiger partial charge on any atom is -0.480 e. The Labute approximate surface area is 111 Å². The van der Waals surface area contributed by atoms with Gasteiger partial charge >= 0.3 is 12.0 Å². The maximum absolute atomic E-state index is 11.8. The number of hydrogen-bond donors (Lipinski definition) is 3. The third-order valence-electron chi connectivity index (χ3n) is 3.43. The topological polar surface area (TPSA) is 96.2 Å². The van der Waals surface area contributed by atoms with E-state index in [1.807, 2.05) is 0 Å². The number of aliphatic carboxylic acids is 1. The number of amides is 2. The molecule has 19 heavy (non-hydrogen) atoms. The van der Waals surface area contributed by atoms with Crippen LogP contribution in [0.1, 0.15) is 31.2 Å². The van der Waals surface area contributed by atoms with Crippen LogP contribution in [0, 0.1) is 0 Å². The van der Waals surface area contributed by atoms with E-state index in [0.717, 1.165) is 18.4 Å². The predicted octanol–water partition coefficient (Wildman–Crippen LogP) is 0.617. The Bertz CT molecular complexity index is 477. The number of hydrogen-bond acceptors (Lipinski definition) is 3. The number of rotatable bonds is 4. The van der Waals surface area contributed by atoms with Crippen LogP contribution >= 0.6 is 0 Å². The van der Waals surface area contributed by atoms with Crippen molar-refractivity contribution in [1.29, 1.82) is 0 Å². The summed E-state index contributed by atoms with van der Waals surface area (Å²) in [4.78, 5) is 23.1. The summed E-state index contributed by atoms with van der Waals surface area (Å²) < 4.78 is 1.64. The van der Waals surface area contributed by atoms with Crippen LogP contribution in [-0.2, 0) is 18.4 Å². The summed E-state index contributed by atoms with van der Waals surface area (Å²) in [6, 6.07) is -0.451. The zero-order chi connectivity index (χ0) is 13.9. The van der Waals surface area contributed by atoms with Crippen molar-refractivity contribution in [2.75, 3.05) is 0 Å². The molecule has 0 aromatic carbocycles. The van der Waals surface area contributed by atoms with Crippen molar-refractivity contribution in [3.8, 4) is 0 Å². The van der Waals surface area contributed by atoms with Gasteiger partial charge in [0.15, 0.2) is 0 Å². The van der Waals surface area contributed by atoms with Gasteiger partial charge in [-0.1, -0.05) is 12.8 Å². The van der Waals surface area contributed by atoms with Crippen molar-refractivity contribution in [2.24, 2.45) is 7.05 Å². The van der Waals surface area contributed by atoms with Gasteiger partial charge in [-0.05, 0) is 12.8 Å². The van der Waals surface area contributed by atoms with Crippen LogP contribution in [-0.4, -0.2) is 32.4 Å². The third-order valence-corrected chi connectivity index (χ3v) is 3.43. The van der Waals surface area contributed by atoms with E-state index in [-0.39, 0.29) is 0 Å². The molecular formula is C12H18N4O3. The molecule has 1 saturated carbocycles. The molecular weight excluding hydrogens is 248 g/mol. The number of carboxylic acids is 1. The van der Waals surface area contributed by atoms with E-state index in [0.29, 0.717) is 19.4 Å².